The van der Waals surface area contributed by atoms with E-state index in [9.17, 15) is 39.6 Å². The Balaban J connectivity index is 1.28. The van der Waals surface area contributed by atoms with Gasteiger partial charge in [0.2, 0.25) is 15.9 Å². The minimum atomic E-state index is -4.14. The third kappa shape index (κ3) is 8.04. The molecule has 2 aliphatic carbocycles. The van der Waals surface area contributed by atoms with Crippen molar-refractivity contribution in [2.75, 3.05) is 18.1 Å². The van der Waals surface area contributed by atoms with Crippen molar-refractivity contribution in [3.63, 3.8) is 0 Å². The average Bonchev–Trinajstić information content (AvgIpc) is 3.77. The fraction of sp³-hybridized carbons (Fsp3) is 0.293. The van der Waals surface area contributed by atoms with Crippen LogP contribution in [0.3, 0.4) is 0 Å². The number of rotatable bonds is 14. The summed E-state index contributed by atoms with van der Waals surface area (Å²) in [6.45, 7) is -2.25. The van der Waals surface area contributed by atoms with E-state index in [0.29, 0.717) is 26.6 Å². The number of sulfonamides is 1. The van der Waals surface area contributed by atoms with Gasteiger partial charge in [0.25, 0.3) is 24.3 Å². The Morgan fingerprint density at radius 3 is 2.35 bits per heavy atom. The van der Waals surface area contributed by atoms with Gasteiger partial charge in [0.05, 0.1) is 51.9 Å². The third-order valence-corrected chi connectivity index (χ3v) is 12.0. The van der Waals surface area contributed by atoms with Gasteiger partial charge in [-0.3, -0.25) is 28.2 Å². The van der Waals surface area contributed by atoms with Gasteiger partial charge in [0.15, 0.2) is 5.82 Å². The Bertz CT molecular complexity index is 3270. The number of hydrogen-bond acceptors (Lipinski definition) is 10. The number of halogens is 9. The van der Waals surface area contributed by atoms with E-state index in [-0.39, 0.29) is 56.1 Å². The summed E-state index contributed by atoms with van der Waals surface area (Å²) in [7, 11) is -2.78. The number of aromatic nitrogens is 8. The van der Waals surface area contributed by atoms with Crippen LogP contribution in [-0.4, -0.2) is 73.2 Å². The quantitative estimate of drug-likeness (QED) is 0.106. The molecule has 344 valence electrons. The van der Waals surface area contributed by atoms with Gasteiger partial charge >= 0.3 is 6.01 Å². The molecular formula is C41H31ClF8N10O5S. The number of hydrogen-bond donors (Lipinski definition) is 2. The van der Waals surface area contributed by atoms with Crippen LogP contribution in [0.2, 0.25) is 5.02 Å². The molecule has 15 nitrogen and oxygen atoms in total. The van der Waals surface area contributed by atoms with Crippen LogP contribution >= 0.6 is 11.6 Å². The van der Waals surface area contributed by atoms with Crippen molar-refractivity contribution in [2.24, 2.45) is 5.92 Å². The third-order valence-electron chi connectivity index (χ3n) is 11.2. The summed E-state index contributed by atoms with van der Waals surface area (Å²) in [5, 5.41) is 9.75. The normalized spacial score (nSPS) is 16.8. The second kappa shape index (κ2) is 16.3. The maximum absolute atomic E-state index is 15.6. The Hall–Kier alpha value is -6.69. The first kappa shape index (κ1) is 44.5. The summed E-state index contributed by atoms with van der Waals surface area (Å²) >= 11 is 6.57. The molecule has 4 heterocycles. The van der Waals surface area contributed by atoms with Gasteiger partial charge in [0, 0.05) is 41.9 Å². The predicted molar refractivity (Wildman–Crippen MR) is 221 cm³/mol. The number of carbonyl (C=O) groups is 1. The van der Waals surface area contributed by atoms with Crippen LogP contribution in [0, 0.1) is 17.6 Å². The Morgan fingerprint density at radius 1 is 0.985 bits per heavy atom. The number of fused-ring (bicyclic) bond motifs is 5. The molecule has 0 unspecified atom stereocenters. The fourth-order valence-electron chi connectivity index (χ4n) is 8.50. The molecule has 4 aromatic heterocycles. The van der Waals surface area contributed by atoms with Crippen LogP contribution in [0.5, 0.6) is 6.01 Å². The molecule has 0 spiro atoms. The molecule has 0 radical (unpaired) electrons. The summed E-state index contributed by atoms with van der Waals surface area (Å²) in [6.07, 6.45) is -3.44. The Kier molecular flexibility index (Phi) is 11.0. The van der Waals surface area contributed by atoms with E-state index in [0.717, 1.165) is 23.0 Å². The molecule has 2 aliphatic rings. The Labute approximate surface area is 371 Å². The Morgan fingerprint density at radius 2 is 1.70 bits per heavy atom. The fourth-order valence-corrected chi connectivity index (χ4v) is 9.23. The van der Waals surface area contributed by atoms with E-state index in [1.165, 1.54) is 49.8 Å². The molecule has 2 N–H and O–H groups in total. The molecule has 66 heavy (non-hydrogen) atoms. The van der Waals surface area contributed by atoms with E-state index in [1.807, 2.05) is 0 Å². The number of alkyl halides is 6. The molecule has 0 saturated heterocycles. The number of ether oxygens (including phenoxy) is 1. The van der Waals surface area contributed by atoms with E-state index < -0.39 is 112 Å². The molecule has 0 aliphatic heterocycles. The largest absolute Gasteiger partial charge is 0.467 e. The van der Waals surface area contributed by atoms with Crippen molar-refractivity contribution in [1.82, 2.24) is 44.4 Å². The van der Waals surface area contributed by atoms with Crippen molar-refractivity contribution in [3.05, 3.63) is 116 Å². The van der Waals surface area contributed by atoms with Gasteiger partial charge in [-0.25, -0.2) is 49.7 Å². The minimum absolute atomic E-state index is 0.0384. The number of anilines is 1. The monoisotopic (exact) mass is 962 g/mol. The highest BCUT2D eigenvalue weighted by molar-refractivity contribution is 7.92. The number of carbonyl (C=O) groups excluding carboxylic acids is 1. The van der Waals surface area contributed by atoms with E-state index >= 15 is 13.6 Å². The lowest BCUT2D eigenvalue weighted by Gasteiger charge is -2.24. The maximum atomic E-state index is 15.6. The molecule has 0 bridgehead atoms. The second-order valence-corrected chi connectivity index (χ2v) is 17.8. The lowest BCUT2D eigenvalue weighted by molar-refractivity contribution is -0.123. The van der Waals surface area contributed by atoms with Gasteiger partial charge in [-0.05, 0) is 59.9 Å². The molecule has 9 rings (SSSR count). The summed E-state index contributed by atoms with van der Waals surface area (Å²) in [6, 6.07) is 7.43. The number of nitrogens with zero attached hydrogens (tertiary/aromatic N) is 8. The van der Waals surface area contributed by atoms with Crippen molar-refractivity contribution in [1.29, 1.82) is 0 Å². The van der Waals surface area contributed by atoms with Gasteiger partial charge < -0.3 is 10.1 Å². The van der Waals surface area contributed by atoms with Crippen LogP contribution in [0.1, 0.15) is 53.1 Å². The molecule has 1 amide bonds. The second-order valence-electron chi connectivity index (χ2n) is 15.7. The van der Waals surface area contributed by atoms with Crippen molar-refractivity contribution in [2.45, 2.75) is 56.7 Å². The zero-order valence-electron chi connectivity index (χ0n) is 33.9. The highest BCUT2D eigenvalue weighted by Gasteiger charge is 2.67. The summed E-state index contributed by atoms with van der Waals surface area (Å²) in [5.74, 6) is -9.99. The number of benzene rings is 3. The van der Waals surface area contributed by atoms with Gasteiger partial charge in [-0.1, -0.05) is 17.7 Å². The van der Waals surface area contributed by atoms with Crippen molar-refractivity contribution in [3.8, 4) is 22.8 Å². The maximum Gasteiger partial charge on any atom is 0.316 e. The molecule has 3 atom stereocenters. The standard InChI is InChI=1S/C41H31ClF8N10O5S/c1-65-40-51-13-19(14-52-40)18-3-4-22-26(10-18)54-38(60(39(22)62)28-6-5-25(42)32-34(28)58(15-29(45)46)56-37(32)57-66(2,63)64)27(9-17-7-20(43)11-21(44)8-17)53-30(61)16-59-35-31(33(55-59)36(47)48)23-12-24(23)41(35,49)50/h3-8,10-11,13-14,23-24,27,29,36H,9,12,15-16H2,1-2H3,(H,53,61)(H,56,57)/t23-,24+,27-/m0/s1. The molecule has 25 heteroatoms. The van der Waals surface area contributed by atoms with E-state index in [2.05, 4.69) is 30.2 Å². The lowest BCUT2D eigenvalue weighted by atomic mass is 10.0. The molecule has 3 aromatic carbocycles. The van der Waals surface area contributed by atoms with Gasteiger partial charge in [-0.15, -0.1) is 0 Å². The summed E-state index contributed by atoms with van der Waals surface area (Å²) in [4.78, 5) is 42.2. The SMILES string of the molecule is COc1ncc(-c2ccc3c(=O)n(-c4ccc(Cl)c5c(NS(C)(=O)=O)nn(CC(F)F)c45)c([C@H](Cc4cc(F)cc(F)c4)NC(=O)Cn4nc(C(F)F)c5c4C(F)(F)[C@@H]4C[C@H]54)nc3c2)cn1. The molecule has 7 aromatic rings. The van der Waals surface area contributed by atoms with Crippen LogP contribution in [0.4, 0.5) is 40.9 Å². The molecular weight excluding hydrogens is 932 g/mol. The first-order chi connectivity index (χ1) is 31.2. The first-order valence-corrected chi connectivity index (χ1v) is 21.9. The van der Waals surface area contributed by atoms with Crippen LogP contribution in [0.25, 0.3) is 38.6 Å². The van der Waals surface area contributed by atoms with Crippen molar-refractivity contribution >= 4 is 55.2 Å². The van der Waals surface area contributed by atoms with Crippen LogP contribution in [-0.2, 0) is 40.3 Å². The van der Waals surface area contributed by atoms with E-state index in [4.69, 9.17) is 21.3 Å². The number of amides is 1. The summed E-state index contributed by atoms with van der Waals surface area (Å²) < 4.78 is 152. The molecule has 1 saturated carbocycles. The lowest BCUT2D eigenvalue weighted by Crippen LogP contribution is -2.38. The van der Waals surface area contributed by atoms with Crippen LogP contribution in [0.15, 0.2) is 65.7 Å². The van der Waals surface area contributed by atoms with Gasteiger partial charge in [0.1, 0.15) is 41.9 Å². The topological polar surface area (TPSA) is 181 Å². The first-order valence-electron chi connectivity index (χ1n) is 19.6. The van der Waals surface area contributed by atoms with Crippen molar-refractivity contribution < 1.29 is 53.1 Å². The number of nitrogens with one attached hydrogen (secondary N) is 2. The smallest absolute Gasteiger partial charge is 0.316 e. The zero-order chi connectivity index (χ0) is 47.1. The minimum Gasteiger partial charge on any atom is -0.467 e. The average molecular weight is 963 g/mol. The van der Waals surface area contributed by atoms with Gasteiger partial charge in [-0.2, -0.15) is 19.0 Å². The molecule has 1 fully saturated rings. The number of methoxy groups -OCH3 is 1. The highest BCUT2D eigenvalue weighted by Crippen LogP contribution is 2.68. The summed E-state index contributed by atoms with van der Waals surface area (Å²) in [5.41, 5.74) is -3.09. The van der Waals surface area contributed by atoms with E-state index in [1.54, 1.807) is 0 Å². The zero-order valence-corrected chi connectivity index (χ0v) is 35.5. The van der Waals surface area contributed by atoms with Crippen LogP contribution < -0.4 is 20.3 Å². The highest BCUT2D eigenvalue weighted by atomic mass is 35.5. The predicted octanol–water partition coefficient (Wildman–Crippen LogP) is 7.21.